The maximum absolute atomic E-state index is 13.0. The molecule has 140 valence electrons. The fraction of sp³-hybridized carbons (Fsp3) is 0.238. The number of benzene rings is 2. The van der Waals surface area contributed by atoms with E-state index >= 15 is 0 Å². The van der Waals surface area contributed by atoms with Crippen LogP contribution in [0.2, 0.25) is 0 Å². The number of nitriles is 1. The first-order valence-electron chi connectivity index (χ1n) is 9.14. The molecule has 0 radical (unpaired) electrons. The fourth-order valence-electron chi connectivity index (χ4n) is 3.48. The maximum Gasteiger partial charge on any atom is 0.275 e. The summed E-state index contributed by atoms with van der Waals surface area (Å²) >= 11 is 0. The number of aromatic amines is 1. The van der Waals surface area contributed by atoms with E-state index in [4.69, 9.17) is 5.26 Å². The highest BCUT2D eigenvalue weighted by molar-refractivity contribution is 6.04. The lowest BCUT2D eigenvalue weighted by Gasteiger charge is -2.34. The Balaban J connectivity index is 1.44. The van der Waals surface area contributed by atoms with Gasteiger partial charge in [-0.3, -0.25) is 14.5 Å². The Hall–Kier alpha value is -3.50. The Kier molecular flexibility index (Phi) is 4.87. The van der Waals surface area contributed by atoms with E-state index < -0.39 is 0 Å². The quantitative estimate of drug-likeness (QED) is 0.755. The van der Waals surface area contributed by atoms with Crippen molar-refractivity contribution in [2.75, 3.05) is 26.2 Å². The van der Waals surface area contributed by atoms with Crippen molar-refractivity contribution in [3.05, 3.63) is 75.7 Å². The molecule has 1 amide bonds. The summed E-state index contributed by atoms with van der Waals surface area (Å²) in [6.45, 7) is 3.50. The van der Waals surface area contributed by atoms with E-state index in [1.165, 1.54) is 0 Å². The van der Waals surface area contributed by atoms with Crippen molar-refractivity contribution in [2.45, 2.75) is 6.54 Å². The standard InChI is InChI=1S/C21H19N5O2/c22-13-15-5-7-16(8-6-15)14-25-9-11-26(12-10-25)21(28)19-17-3-1-2-4-18(17)20(27)24-23-19/h1-8H,9-12,14H2,(H,24,27). The van der Waals surface area contributed by atoms with Crippen LogP contribution in [0.5, 0.6) is 0 Å². The topological polar surface area (TPSA) is 93.1 Å². The van der Waals surface area contributed by atoms with E-state index in [0.717, 1.165) is 25.2 Å². The zero-order chi connectivity index (χ0) is 19.5. The van der Waals surface area contributed by atoms with Gasteiger partial charge in [0.2, 0.25) is 0 Å². The number of hydrogen-bond acceptors (Lipinski definition) is 5. The van der Waals surface area contributed by atoms with Gasteiger partial charge in [0, 0.05) is 38.1 Å². The Morgan fingerprint density at radius 3 is 2.39 bits per heavy atom. The average molecular weight is 373 g/mol. The van der Waals surface area contributed by atoms with Gasteiger partial charge in [0.25, 0.3) is 11.5 Å². The summed E-state index contributed by atoms with van der Waals surface area (Å²) in [6.07, 6.45) is 0. The van der Waals surface area contributed by atoms with Crippen molar-refractivity contribution >= 4 is 16.7 Å². The summed E-state index contributed by atoms with van der Waals surface area (Å²) in [6, 6.07) is 16.7. The second kappa shape index (κ2) is 7.62. The zero-order valence-electron chi connectivity index (χ0n) is 15.3. The minimum Gasteiger partial charge on any atom is -0.335 e. The fourth-order valence-corrected chi connectivity index (χ4v) is 3.48. The number of nitrogens with zero attached hydrogens (tertiary/aromatic N) is 4. The van der Waals surface area contributed by atoms with Crippen LogP contribution >= 0.6 is 0 Å². The minimum atomic E-state index is -0.292. The number of hydrogen-bond donors (Lipinski definition) is 1. The van der Waals surface area contributed by atoms with Crippen molar-refractivity contribution in [1.29, 1.82) is 5.26 Å². The molecule has 1 aromatic heterocycles. The number of rotatable bonds is 3. The summed E-state index contributed by atoms with van der Waals surface area (Å²) in [5.74, 6) is -0.162. The van der Waals surface area contributed by atoms with Gasteiger partial charge in [-0.25, -0.2) is 5.10 Å². The molecule has 2 aromatic carbocycles. The Labute approximate surface area is 161 Å². The van der Waals surface area contributed by atoms with E-state index in [-0.39, 0.29) is 17.2 Å². The van der Waals surface area contributed by atoms with Crippen molar-refractivity contribution in [1.82, 2.24) is 20.0 Å². The van der Waals surface area contributed by atoms with E-state index in [9.17, 15) is 9.59 Å². The first-order valence-corrected chi connectivity index (χ1v) is 9.14. The van der Waals surface area contributed by atoms with Gasteiger partial charge in [-0.05, 0) is 23.8 Å². The van der Waals surface area contributed by atoms with Crippen LogP contribution < -0.4 is 5.56 Å². The third kappa shape index (κ3) is 3.50. The number of H-pyrrole nitrogens is 1. The molecule has 1 aliphatic heterocycles. The molecule has 0 spiro atoms. The van der Waals surface area contributed by atoms with Crippen LogP contribution in [0.4, 0.5) is 0 Å². The molecule has 2 heterocycles. The van der Waals surface area contributed by atoms with Gasteiger partial charge in [-0.1, -0.05) is 30.3 Å². The number of nitrogens with one attached hydrogen (secondary N) is 1. The summed E-state index contributed by atoms with van der Waals surface area (Å²) < 4.78 is 0. The van der Waals surface area contributed by atoms with E-state index in [2.05, 4.69) is 21.2 Å². The molecule has 1 aliphatic rings. The molecule has 0 bridgehead atoms. The molecule has 1 fully saturated rings. The molecule has 3 aromatic rings. The molecule has 28 heavy (non-hydrogen) atoms. The molecule has 0 unspecified atom stereocenters. The Morgan fingerprint density at radius 1 is 1.04 bits per heavy atom. The third-order valence-electron chi connectivity index (χ3n) is 5.05. The normalized spacial score (nSPS) is 14.8. The summed E-state index contributed by atoms with van der Waals surface area (Å²) in [4.78, 5) is 28.9. The van der Waals surface area contributed by atoms with Gasteiger partial charge in [0.1, 0.15) is 0 Å². The number of aromatic nitrogens is 2. The summed E-state index contributed by atoms with van der Waals surface area (Å²) in [7, 11) is 0. The molecule has 1 saturated heterocycles. The molecule has 7 nitrogen and oxygen atoms in total. The number of piperazine rings is 1. The maximum atomic E-state index is 13.0. The van der Waals surface area contributed by atoms with Crippen LogP contribution in [0.3, 0.4) is 0 Å². The average Bonchev–Trinajstić information content (AvgIpc) is 2.75. The molecule has 0 saturated carbocycles. The molecule has 0 aliphatic carbocycles. The van der Waals surface area contributed by atoms with Gasteiger partial charge in [0.15, 0.2) is 5.69 Å². The number of carbonyl (C=O) groups is 1. The second-order valence-corrected chi connectivity index (χ2v) is 6.82. The predicted octanol–water partition coefficient (Wildman–Crippen LogP) is 1.75. The SMILES string of the molecule is N#Cc1ccc(CN2CCN(C(=O)c3n[nH]c(=O)c4ccccc34)CC2)cc1. The van der Waals surface area contributed by atoms with Crippen molar-refractivity contribution < 1.29 is 4.79 Å². The summed E-state index contributed by atoms with van der Waals surface area (Å²) in [5.41, 5.74) is 1.79. The second-order valence-electron chi connectivity index (χ2n) is 6.82. The van der Waals surface area contributed by atoms with E-state index in [1.807, 2.05) is 24.3 Å². The lowest BCUT2D eigenvalue weighted by Crippen LogP contribution is -2.48. The van der Waals surface area contributed by atoms with E-state index in [1.54, 1.807) is 29.2 Å². The van der Waals surface area contributed by atoms with Gasteiger partial charge >= 0.3 is 0 Å². The van der Waals surface area contributed by atoms with Gasteiger partial charge in [0.05, 0.1) is 17.0 Å². The van der Waals surface area contributed by atoms with Crippen LogP contribution in [0.25, 0.3) is 10.8 Å². The monoisotopic (exact) mass is 373 g/mol. The Morgan fingerprint density at radius 2 is 1.71 bits per heavy atom. The lowest BCUT2D eigenvalue weighted by atomic mass is 10.1. The number of amides is 1. The van der Waals surface area contributed by atoms with Crippen molar-refractivity contribution in [3.63, 3.8) is 0 Å². The summed E-state index contributed by atoms with van der Waals surface area (Å²) in [5, 5.41) is 16.4. The van der Waals surface area contributed by atoms with Crippen LogP contribution in [-0.4, -0.2) is 52.1 Å². The van der Waals surface area contributed by atoms with Crippen molar-refractivity contribution in [2.24, 2.45) is 0 Å². The van der Waals surface area contributed by atoms with Gasteiger partial charge < -0.3 is 4.90 Å². The first kappa shape index (κ1) is 17.9. The van der Waals surface area contributed by atoms with Crippen LogP contribution in [0.1, 0.15) is 21.6 Å². The highest BCUT2D eigenvalue weighted by Crippen LogP contribution is 2.16. The molecule has 7 heteroatoms. The van der Waals surface area contributed by atoms with Crippen molar-refractivity contribution in [3.8, 4) is 6.07 Å². The third-order valence-corrected chi connectivity index (χ3v) is 5.05. The molecule has 0 atom stereocenters. The van der Waals surface area contributed by atoms with Crippen LogP contribution in [-0.2, 0) is 6.54 Å². The molecular formula is C21H19N5O2. The molecule has 4 rings (SSSR count). The first-order chi connectivity index (χ1) is 13.7. The predicted molar refractivity (Wildman–Crippen MR) is 105 cm³/mol. The van der Waals surface area contributed by atoms with Crippen LogP contribution in [0.15, 0.2) is 53.3 Å². The molecule has 1 N–H and O–H groups in total. The number of carbonyl (C=O) groups excluding carboxylic acids is 1. The Bertz CT molecular complexity index is 1110. The van der Waals surface area contributed by atoms with Gasteiger partial charge in [-0.2, -0.15) is 10.4 Å². The molecular weight excluding hydrogens is 354 g/mol. The largest absolute Gasteiger partial charge is 0.335 e. The van der Waals surface area contributed by atoms with Gasteiger partial charge in [-0.15, -0.1) is 0 Å². The highest BCUT2D eigenvalue weighted by Gasteiger charge is 2.25. The lowest BCUT2D eigenvalue weighted by molar-refractivity contribution is 0.0623. The smallest absolute Gasteiger partial charge is 0.275 e. The minimum absolute atomic E-state index is 0.162. The zero-order valence-corrected chi connectivity index (χ0v) is 15.3. The van der Waals surface area contributed by atoms with E-state index in [0.29, 0.717) is 29.4 Å². The number of fused-ring (bicyclic) bond motifs is 1. The highest BCUT2D eigenvalue weighted by atomic mass is 16.2. The van der Waals surface area contributed by atoms with Crippen LogP contribution in [0, 0.1) is 11.3 Å².